The first-order valence-corrected chi connectivity index (χ1v) is 5.42. The minimum absolute atomic E-state index is 0.141. The highest BCUT2D eigenvalue weighted by Crippen LogP contribution is 2.03. The van der Waals surface area contributed by atoms with Crippen LogP contribution in [0.5, 0.6) is 5.88 Å². The Morgan fingerprint density at radius 3 is 2.94 bits per heavy atom. The van der Waals surface area contributed by atoms with Gasteiger partial charge in [-0.2, -0.15) is 0 Å². The fraction of sp³-hybridized carbons (Fsp3) is 0.455. The van der Waals surface area contributed by atoms with Gasteiger partial charge in [-0.05, 0) is 13.3 Å². The second-order valence-corrected chi connectivity index (χ2v) is 3.42. The molecule has 1 aromatic rings. The molecular formula is C11H16N2O4. The smallest absolute Gasteiger partial charge is 0.251 e. The first kappa shape index (κ1) is 13.2. The lowest BCUT2D eigenvalue weighted by atomic mass is 10.2. The third kappa shape index (κ3) is 4.69. The van der Waals surface area contributed by atoms with Gasteiger partial charge in [0.2, 0.25) is 0 Å². The highest BCUT2D eigenvalue weighted by atomic mass is 16.5. The zero-order valence-electron chi connectivity index (χ0n) is 9.66. The molecule has 6 heteroatoms. The molecule has 0 radical (unpaired) electrons. The summed E-state index contributed by atoms with van der Waals surface area (Å²) in [7, 11) is 0. The number of aromatic hydroxyl groups is 1. The van der Waals surface area contributed by atoms with E-state index in [2.05, 4.69) is 10.3 Å². The van der Waals surface area contributed by atoms with Gasteiger partial charge in [0, 0.05) is 31.9 Å². The predicted octanol–water partition coefficient (Wildman–Crippen LogP) is 0.237. The van der Waals surface area contributed by atoms with Crippen molar-refractivity contribution in [1.82, 2.24) is 10.3 Å². The lowest BCUT2D eigenvalue weighted by molar-refractivity contribution is 0.0943. The molecule has 0 aliphatic rings. The summed E-state index contributed by atoms with van der Waals surface area (Å²) in [6.45, 7) is 3.59. The number of hydrogen-bond acceptors (Lipinski definition) is 4. The molecule has 1 aromatic heterocycles. The van der Waals surface area contributed by atoms with Gasteiger partial charge in [0.25, 0.3) is 11.5 Å². The number of H-pyrrole nitrogens is 1. The fourth-order valence-electron chi connectivity index (χ4n) is 1.28. The van der Waals surface area contributed by atoms with Gasteiger partial charge in [-0.25, -0.2) is 0 Å². The van der Waals surface area contributed by atoms with Gasteiger partial charge in [-0.15, -0.1) is 0 Å². The largest absolute Gasteiger partial charge is 0.494 e. The first-order valence-electron chi connectivity index (χ1n) is 5.42. The predicted molar refractivity (Wildman–Crippen MR) is 62.2 cm³/mol. The van der Waals surface area contributed by atoms with E-state index in [1.165, 1.54) is 6.07 Å². The van der Waals surface area contributed by atoms with Crippen molar-refractivity contribution in [3.8, 4) is 5.88 Å². The molecule has 0 aliphatic carbocycles. The van der Waals surface area contributed by atoms with Gasteiger partial charge in [-0.1, -0.05) is 0 Å². The topological polar surface area (TPSA) is 91.4 Å². The van der Waals surface area contributed by atoms with Crippen LogP contribution in [0.4, 0.5) is 0 Å². The molecule has 0 fully saturated rings. The molecule has 17 heavy (non-hydrogen) atoms. The van der Waals surface area contributed by atoms with E-state index in [1.54, 1.807) is 0 Å². The summed E-state index contributed by atoms with van der Waals surface area (Å²) in [6, 6.07) is 2.34. The summed E-state index contributed by atoms with van der Waals surface area (Å²) < 4.78 is 5.11. The maximum atomic E-state index is 11.6. The Labute approximate surface area is 98.6 Å². The van der Waals surface area contributed by atoms with Crippen molar-refractivity contribution in [3.63, 3.8) is 0 Å². The van der Waals surface area contributed by atoms with E-state index in [0.717, 1.165) is 6.07 Å². The number of aromatic amines is 1. The lowest BCUT2D eigenvalue weighted by Crippen LogP contribution is -2.26. The minimum atomic E-state index is -0.510. The van der Waals surface area contributed by atoms with Gasteiger partial charge in [0.05, 0.1) is 5.56 Å². The van der Waals surface area contributed by atoms with Crippen LogP contribution in [0.25, 0.3) is 0 Å². The zero-order chi connectivity index (χ0) is 12.7. The molecular weight excluding hydrogens is 224 g/mol. The molecule has 0 spiro atoms. The van der Waals surface area contributed by atoms with Crippen LogP contribution < -0.4 is 10.9 Å². The summed E-state index contributed by atoms with van der Waals surface area (Å²) in [5.74, 6) is -0.708. The molecule has 0 aliphatic heterocycles. The molecule has 0 atom stereocenters. The van der Waals surface area contributed by atoms with Crippen LogP contribution in [-0.4, -0.2) is 35.8 Å². The molecule has 0 unspecified atom stereocenters. The Balaban J connectivity index is 2.44. The number of aromatic nitrogens is 1. The maximum absolute atomic E-state index is 11.6. The number of hydrogen-bond donors (Lipinski definition) is 3. The fourth-order valence-corrected chi connectivity index (χ4v) is 1.28. The SMILES string of the molecule is CCOCCCNC(=O)c1cc(O)[nH]c(=O)c1. The lowest BCUT2D eigenvalue weighted by Gasteiger charge is -2.05. The number of nitrogens with one attached hydrogen (secondary N) is 2. The summed E-state index contributed by atoms with van der Waals surface area (Å²) in [5.41, 5.74) is -0.368. The standard InChI is InChI=1S/C11H16N2O4/c1-2-17-5-3-4-12-11(16)8-6-9(14)13-10(15)7-8/h6-7H,2-5H2,1H3,(H,12,16)(H2,13,14,15). The second-order valence-electron chi connectivity index (χ2n) is 3.42. The Hall–Kier alpha value is -1.82. The molecule has 94 valence electrons. The summed E-state index contributed by atoms with van der Waals surface area (Å²) >= 11 is 0. The highest BCUT2D eigenvalue weighted by Gasteiger charge is 2.07. The molecule has 1 rings (SSSR count). The van der Waals surface area contributed by atoms with Crippen LogP contribution in [0.1, 0.15) is 23.7 Å². The molecule has 0 bridgehead atoms. The Bertz CT molecular complexity index is 428. The van der Waals surface area contributed by atoms with E-state index < -0.39 is 5.56 Å². The minimum Gasteiger partial charge on any atom is -0.494 e. The number of ether oxygens (including phenoxy) is 1. The third-order valence-electron chi connectivity index (χ3n) is 2.05. The number of carbonyl (C=O) groups is 1. The van der Waals surface area contributed by atoms with Crippen LogP contribution in [-0.2, 0) is 4.74 Å². The molecule has 0 aromatic carbocycles. The molecule has 6 nitrogen and oxygen atoms in total. The zero-order valence-corrected chi connectivity index (χ0v) is 9.66. The van der Waals surface area contributed by atoms with Crippen LogP contribution in [0.3, 0.4) is 0 Å². The van der Waals surface area contributed by atoms with Crippen molar-refractivity contribution < 1.29 is 14.6 Å². The van der Waals surface area contributed by atoms with Gasteiger partial charge < -0.3 is 15.2 Å². The molecule has 0 saturated heterocycles. The van der Waals surface area contributed by atoms with Crippen molar-refractivity contribution in [2.45, 2.75) is 13.3 Å². The molecule has 1 amide bonds. The van der Waals surface area contributed by atoms with Crippen molar-refractivity contribution in [2.24, 2.45) is 0 Å². The van der Waals surface area contributed by atoms with Gasteiger partial charge in [0.1, 0.15) is 0 Å². The third-order valence-corrected chi connectivity index (χ3v) is 2.05. The number of carbonyl (C=O) groups excluding carboxylic acids is 1. The molecule has 0 saturated carbocycles. The van der Waals surface area contributed by atoms with Gasteiger partial charge in [0.15, 0.2) is 5.88 Å². The number of pyridine rings is 1. The van der Waals surface area contributed by atoms with E-state index in [0.29, 0.717) is 26.2 Å². The van der Waals surface area contributed by atoms with E-state index in [-0.39, 0.29) is 17.4 Å². The normalized spacial score (nSPS) is 10.2. The van der Waals surface area contributed by atoms with E-state index in [9.17, 15) is 9.59 Å². The molecule has 3 N–H and O–H groups in total. The maximum Gasteiger partial charge on any atom is 0.251 e. The van der Waals surface area contributed by atoms with E-state index in [4.69, 9.17) is 9.84 Å². The van der Waals surface area contributed by atoms with Crippen LogP contribution in [0.2, 0.25) is 0 Å². The van der Waals surface area contributed by atoms with E-state index >= 15 is 0 Å². The second kappa shape index (κ2) is 6.70. The van der Waals surface area contributed by atoms with Gasteiger partial charge in [-0.3, -0.25) is 14.6 Å². The number of amides is 1. The van der Waals surface area contributed by atoms with Crippen LogP contribution in [0, 0.1) is 0 Å². The average Bonchev–Trinajstić information content (AvgIpc) is 2.27. The van der Waals surface area contributed by atoms with Crippen LogP contribution in [0.15, 0.2) is 16.9 Å². The highest BCUT2D eigenvalue weighted by molar-refractivity contribution is 5.94. The monoisotopic (exact) mass is 240 g/mol. The van der Waals surface area contributed by atoms with Crippen molar-refractivity contribution in [2.75, 3.05) is 19.8 Å². The number of rotatable bonds is 6. The Morgan fingerprint density at radius 2 is 2.29 bits per heavy atom. The van der Waals surface area contributed by atoms with Crippen molar-refractivity contribution >= 4 is 5.91 Å². The quantitative estimate of drug-likeness (QED) is 0.621. The summed E-state index contributed by atoms with van der Waals surface area (Å²) in [5, 5.41) is 11.8. The van der Waals surface area contributed by atoms with E-state index in [1.807, 2.05) is 6.92 Å². The first-order chi connectivity index (χ1) is 8.13. The molecule has 1 heterocycles. The van der Waals surface area contributed by atoms with Gasteiger partial charge >= 0.3 is 0 Å². The summed E-state index contributed by atoms with van der Waals surface area (Å²) in [6.07, 6.45) is 0.703. The van der Waals surface area contributed by atoms with Crippen molar-refractivity contribution in [1.29, 1.82) is 0 Å². The average molecular weight is 240 g/mol. The Morgan fingerprint density at radius 1 is 1.53 bits per heavy atom. The summed E-state index contributed by atoms with van der Waals surface area (Å²) in [4.78, 5) is 24.7. The van der Waals surface area contributed by atoms with Crippen LogP contribution >= 0.6 is 0 Å². The Kier molecular flexibility index (Phi) is 5.22. The van der Waals surface area contributed by atoms with Crippen molar-refractivity contribution in [3.05, 3.63) is 28.0 Å².